The van der Waals surface area contributed by atoms with Crippen LogP contribution >= 0.6 is 0 Å². The Morgan fingerprint density at radius 3 is 2.17 bits per heavy atom. The van der Waals surface area contributed by atoms with Crippen molar-refractivity contribution in [2.45, 2.75) is 33.1 Å². The maximum Gasteiger partial charge on any atom is 0.316 e. The lowest BCUT2D eigenvalue weighted by molar-refractivity contribution is -0.223. The van der Waals surface area contributed by atoms with E-state index in [1.165, 1.54) is 7.11 Å². The van der Waals surface area contributed by atoms with Crippen LogP contribution in [0.4, 0.5) is 0 Å². The van der Waals surface area contributed by atoms with E-state index >= 15 is 0 Å². The molecule has 0 aromatic heterocycles. The van der Waals surface area contributed by atoms with Gasteiger partial charge in [0, 0.05) is 5.41 Å². The number of ether oxygens (including phenoxy) is 2. The SMILES string of the molecule is CCOC(=O)C(C)C(=O)C12CC(C(=O)OC)(C1)C2. The highest BCUT2D eigenvalue weighted by Gasteiger charge is 2.75. The number of hydrogen-bond acceptors (Lipinski definition) is 5. The molecule has 0 heterocycles. The Labute approximate surface area is 106 Å². The van der Waals surface area contributed by atoms with Crippen LogP contribution in [0.25, 0.3) is 0 Å². The second-order valence-electron chi connectivity index (χ2n) is 5.42. The van der Waals surface area contributed by atoms with E-state index in [0.717, 1.165) is 0 Å². The van der Waals surface area contributed by atoms with Gasteiger partial charge >= 0.3 is 11.9 Å². The molecule has 100 valence electrons. The summed E-state index contributed by atoms with van der Waals surface area (Å²) in [6.07, 6.45) is 1.57. The van der Waals surface area contributed by atoms with Crippen molar-refractivity contribution >= 4 is 17.7 Å². The maximum atomic E-state index is 12.2. The molecule has 2 bridgehead atoms. The average molecular weight is 254 g/mol. The van der Waals surface area contributed by atoms with Crippen LogP contribution in [-0.4, -0.2) is 31.4 Å². The van der Waals surface area contributed by atoms with E-state index in [1.807, 2.05) is 0 Å². The highest BCUT2D eigenvalue weighted by atomic mass is 16.5. The lowest BCUT2D eigenvalue weighted by atomic mass is 9.33. The number of Topliss-reactive ketones (excluding diaryl/α,β-unsaturated/α-hetero) is 1. The Kier molecular flexibility index (Phi) is 2.95. The van der Waals surface area contributed by atoms with Gasteiger partial charge in [0.05, 0.1) is 19.1 Å². The summed E-state index contributed by atoms with van der Waals surface area (Å²) in [6.45, 7) is 3.56. The second kappa shape index (κ2) is 4.07. The van der Waals surface area contributed by atoms with E-state index in [1.54, 1.807) is 13.8 Å². The highest BCUT2D eigenvalue weighted by Crippen LogP contribution is 2.74. The smallest absolute Gasteiger partial charge is 0.316 e. The van der Waals surface area contributed by atoms with Gasteiger partial charge < -0.3 is 9.47 Å². The van der Waals surface area contributed by atoms with E-state index in [0.29, 0.717) is 19.3 Å². The van der Waals surface area contributed by atoms with E-state index in [9.17, 15) is 14.4 Å². The zero-order valence-corrected chi connectivity index (χ0v) is 10.9. The third kappa shape index (κ3) is 1.56. The topological polar surface area (TPSA) is 69.7 Å². The van der Waals surface area contributed by atoms with E-state index in [4.69, 9.17) is 9.47 Å². The summed E-state index contributed by atoms with van der Waals surface area (Å²) in [7, 11) is 1.36. The van der Waals surface area contributed by atoms with Crippen LogP contribution in [0, 0.1) is 16.7 Å². The number of methoxy groups -OCH3 is 1. The zero-order chi connectivity index (χ0) is 13.6. The van der Waals surface area contributed by atoms with Gasteiger partial charge in [0.25, 0.3) is 0 Å². The Morgan fingerprint density at radius 1 is 1.17 bits per heavy atom. The van der Waals surface area contributed by atoms with Crippen LogP contribution in [-0.2, 0) is 23.9 Å². The molecule has 3 aliphatic rings. The van der Waals surface area contributed by atoms with Gasteiger partial charge in [-0.25, -0.2) is 0 Å². The fourth-order valence-corrected chi connectivity index (χ4v) is 3.32. The molecular formula is C13H18O5. The van der Waals surface area contributed by atoms with Gasteiger partial charge in [0.2, 0.25) is 0 Å². The number of ketones is 1. The summed E-state index contributed by atoms with van der Waals surface area (Å²) >= 11 is 0. The van der Waals surface area contributed by atoms with Gasteiger partial charge in [0.15, 0.2) is 5.78 Å². The number of hydrogen-bond donors (Lipinski definition) is 0. The molecule has 3 rings (SSSR count). The molecule has 3 aliphatic carbocycles. The van der Waals surface area contributed by atoms with Crippen molar-refractivity contribution in [3.8, 4) is 0 Å². The Morgan fingerprint density at radius 2 is 1.72 bits per heavy atom. The first-order chi connectivity index (χ1) is 8.41. The van der Waals surface area contributed by atoms with Gasteiger partial charge in [-0.1, -0.05) is 0 Å². The lowest BCUT2D eigenvalue weighted by Gasteiger charge is -2.67. The molecule has 3 fully saturated rings. The van der Waals surface area contributed by atoms with Crippen molar-refractivity contribution in [3.63, 3.8) is 0 Å². The van der Waals surface area contributed by atoms with Crippen LogP contribution < -0.4 is 0 Å². The number of carbonyl (C=O) groups excluding carboxylic acids is 3. The Bertz CT molecular complexity index is 392. The minimum atomic E-state index is -0.735. The first-order valence-corrected chi connectivity index (χ1v) is 6.20. The summed E-state index contributed by atoms with van der Waals surface area (Å²) in [5.74, 6) is -1.53. The molecule has 0 aromatic carbocycles. The van der Waals surface area contributed by atoms with Gasteiger partial charge in [-0.3, -0.25) is 14.4 Å². The van der Waals surface area contributed by atoms with Crippen molar-refractivity contribution in [1.29, 1.82) is 0 Å². The van der Waals surface area contributed by atoms with Crippen LogP contribution in [0.2, 0.25) is 0 Å². The van der Waals surface area contributed by atoms with Crippen LogP contribution in [0.1, 0.15) is 33.1 Å². The normalized spacial score (nSPS) is 33.7. The monoisotopic (exact) mass is 254 g/mol. The molecule has 5 heteroatoms. The highest BCUT2D eigenvalue weighted by molar-refractivity contribution is 6.05. The summed E-state index contributed by atoms with van der Waals surface area (Å²) < 4.78 is 9.57. The molecule has 0 saturated heterocycles. The minimum Gasteiger partial charge on any atom is -0.469 e. The maximum absolute atomic E-state index is 12.2. The van der Waals surface area contributed by atoms with Gasteiger partial charge in [-0.15, -0.1) is 0 Å². The standard InChI is InChI=1S/C13H18O5/c1-4-18-10(15)8(2)9(14)12-5-13(6-12,7-12)11(16)17-3/h8H,4-7H2,1-3H3. The van der Waals surface area contributed by atoms with Crippen molar-refractivity contribution in [2.24, 2.45) is 16.7 Å². The first kappa shape index (κ1) is 13.1. The van der Waals surface area contributed by atoms with E-state index < -0.39 is 22.7 Å². The summed E-state index contributed by atoms with van der Waals surface area (Å²) in [5.41, 5.74) is -0.918. The Hall–Kier alpha value is -1.39. The molecule has 5 nitrogen and oxygen atoms in total. The summed E-state index contributed by atoms with van der Waals surface area (Å²) in [6, 6.07) is 0. The number of rotatable bonds is 5. The molecule has 0 aromatic rings. The van der Waals surface area contributed by atoms with Crippen molar-refractivity contribution in [1.82, 2.24) is 0 Å². The fraction of sp³-hybridized carbons (Fsp3) is 0.769. The lowest BCUT2D eigenvalue weighted by Crippen LogP contribution is -2.69. The Balaban J connectivity index is 1.95. The van der Waals surface area contributed by atoms with E-state index in [2.05, 4.69) is 0 Å². The van der Waals surface area contributed by atoms with Crippen molar-refractivity contribution < 1.29 is 23.9 Å². The molecule has 18 heavy (non-hydrogen) atoms. The molecule has 3 saturated carbocycles. The molecule has 0 N–H and O–H groups in total. The third-order valence-corrected chi connectivity index (χ3v) is 4.20. The third-order valence-electron chi connectivity index (χ3n) is 4.20. The first-order valence-electron chi connectivity index (χ1n) is 6.20. The molecular weight excluding hydrogens is 236 g/mol. The van der Waals surface area contributed by atoms with Crippen molar-refractivity contribution in [3.05, 3.63) is 0 Å². The van der Waals surface area contributed by atoms with Gasteiger partial charge in [0.1, 0.15) is 5.92 Å². The molecule has 1 unspecified atom stereocenters. The molecule has 0 radical (unpaired) electrons. The molecule has 0 aliphatic heterocycles. The second-order valence-corrected chi connectivity index (χ2v) is 5.42. The average Bonchev–Trinajstić information content (AvgIpc) is 2.24. The predicted molar refractivity (Wildman–Crippen MR) is 61.5 cm³/mol. The molecule has 0 spiro atoms. The van der Waals surface area contributed by atoms with Gasteiger partial charge in [-0.2, -0.15) is 0 Å². The van der Waals surface area contributed by atoms with Crippen LogP contribution in [0.15, 0.2) is 0 Å². The summed E-state index contributed by atoms with van der Waals surface area (Å²) in [4.78, 5) is 35.2. The predicted octanol–water partition coefficient (Wildman–Crippen LogP) is 1.10. The fourth-order valence-electron chi connectivity index (χ4n) is 3.32. The largest absolute Gasteiger partial charge is 0.469 e. The zero-order valence-electron chi connectivity index (χ0n) is 10.9. The number of esters is 2. The van der Waals surface area contributed by atoms with E-state index in [-0.39, 0.29) is 18.4 Å². The quantitative estimate of drug-likeness (QED) is 0.542. The van der Waals surface area contributed by atoms with Crippen LogP contribution in [0.3, 0.4) is 0 Å². The molecule has 0 amide bonds. The summed E-state index contributed by atoms with van der Waals surface area (Å²) in [5, 5.41) is 0. The number of carbonyl (C=O) groups is 3. The van der Waals surface area contributed by atoms with Crippen LogP contribution in [0.5, 0.6) is 0 Å². The minimum absolute atomic E-state index is 0.0910. The molecule has 1 atom stereocenters. The van der Waals surface area contributed by atoms with Gasteiger partial charge in [-0.05, 0) is 33.1 Å². The van der Waals surface area contributed by atoms with Crippen molar-refractivity contribution in [2.75, 3.05) is 13.7 Å².